The summed E-state index contributed by atoms with van der Waals surface area (Å²) in [6, 6.07) is 6.97. The maximum atomic E-state index is 11.4. The first-order chi connectivity index (χ1) is 7.59. The Morgan fingerprint density at radius 1 is 1.38 bits per heavy atom. The predicted octanol–water partition coefficient (Wildman–Crippen LogP) is 0.567. The molecule has 6 heteroatoms. The molecule has 5 nitrogen and oxygen atoms in total. The molecular weight excluding hydrogens is 230 g/mol. The molecule has 0 atom stereocenters. The van der Waals surface area contributed by atoms with Crippen LogP contribution >= 0.6 is 0 Å². The van der Waals surface area contributed by atoms with Crippen molar-refractivity contribution in [2.75, 3.05) is 24.2 Å². The van der Waals surface area contributed by atoms with Gasteiger partial charge in [0.05, 0.1) is 24.7 Å². The maximum absolute atomic E-state index is 11.4. The summed E-state index contributed by atoms with van der Waals surface area (Å²) in [6.45, 7) is -0.0698. The Kier molecular flexibility index (Phi) is 4.72. The first-order valence-electron chi connectivity index (χ1n) is 4.77. The number of nitrogens with one attached hydrogen (secondary N) is 1. The fraction of sp³-hybridized carbons (Fsp3) is 0.400. The van der Waals surface area contributed by atoms with E-state index in [1.165, 1.54) is 0 Å². The Morgan fingerprint density at radius 3 is 2.69 bits per heavy atom. The summed E-state index contributed by atoms with van der Waals surface area (Å²) in [4.78, 5) is 0. The molecule has 16 heavy (non-hydrogen) atoms. The summed E-state index contributed by atoms with van der Waals surface area (Å²) in [5.41, 5.74) is 1.24. The van der Waals surface area contributed by atoms with E-state index in [-0.39, 0.29) is 5.75 Å². The van der Waals surface area contributed by atoms with Gasteiger partial charge in [0.15, 0.2) is 0 Å². The summed E-state index contributed by atoms with van der Waals surface area (Å²) >= 11 is 0. The van der Waals surface area contributed by atoms with E-state index in [2.05, 4.69) is 4.72 Å². The van der Waals surface area contributed by atoms with Crippen LogP contribution in [0.5, 0.6) is 0 Å². The van der Waals surface area contributed by atoms with Crippen LogP contribution in [0.1, 0.15) is 5.56 Å². The maximum Gasteiger partial charge on any atom is 0.235 e. The van der Waals surface area contributed by atoms with Crippen LogP contribution < -0.4 is 4.72 Å². The van der Waals surface area contributed by atoms with Gasteiger partial charge < -0.3 is 9.84 Å². The SMILES string of the molecule is COCc1ccccc1NS(=O)(=O)CCO. The van der Waals surface area contributed by atoms with E-state index in [0.717, 1.165) is 5.56 Å². The van der Waals surface area contributed by atoms with Crippen molar-refractivity contribution in [3.05, 3.63) is 29.8 Å². The van der Waals surface area contributed by atoms with E-state index in [9.17, 15) is 8.42 Å². The standard InChI is InChI=1S/C10H15NO4S/c1-15-8-9-4-2-3-5-10(9)11-16(13,14)7-6-12/h2-5,11-12H,6-8H2,1H3. The van der Waals surface area contributed by atoms with Crippen molar-refractivity contribution in [3.63, 3.8) is 0 Å². The number of rotatable bonds is 6. The van der Waals surface area contributed by atoms with Gasteiger partial charge in [-0.05, 0) is 6.07 Å². The third-order valence-corrected chi connectivity index (χ3v) is 3.19. The van der Waals surface area contributed by atoms with Gasteiger partial charge in [0, 0.05) is 12.7 Å². The fourth-order valence-corrected chi connectivity index (χ4v) is 2.12. The second-order valence-electron chi connectivity index (χ2n) is 3.23. The topological polar surface area (TPSA) is 75.6 Å². The number of aliphatic hydroxyl groups excluding tert-OH is 1. The van der Waals surface area contributed by atoms with E-state index in [4.69, 9.17) is 9.84 Å². The van der Waals surface area contributed by atoms with Crippen molar-refractivity contribution in [1.29, 1.82) is 0 Å². The van der Waals surface area contributed by atoms with Crippen LogP contribution in [0.2, 0.25) is 0 Å². The predicted molar refractivity (Wildman–Crippen MR) is 61.7 cm³/mol. The lowest BCUT2D eigenvalue weighted by atomic mass is 10.2. The number of para-hydroxylation sites is 1. The van der Waals surface area contributed by atoms with Crippen molar-refractivity contribution < 1.29 is 18.3 Å². The molecule has 0 heterocycles. The molecule has 0 spiro atoms. The molecule has 0 bridgehead atoms. The lowest BCUT2D eigenvalue weighted by Gasteiger charge is -2.11. The van der Waals surface area contributed by atoms with Crippen molar-refractivity contribution >= 4 is 15.7 Å². The molecule has 2 N–H and O–H groups in total. The smallest absolute Gasteiger partial charge is 0.235 e. The van der Waals surface area contributed by atoms with Gasteiger partial charge in [-0.15, -0.1) is 0 Å². The van der Waals surface area contributed by atoms with Gasteiger partial charge >= 0.3 is 0 Å². The highest BCUT2D eigenvalue weighted by Gasteiger charge is 2.11. The summed E-state index contributed by atoms with van der Waals surface area (Å²) in [7, 11) is -1.94. The van der Waals surface area contributed by atoms with Gasteiger partial charge in [-0.25, -0.2) is 8.42 Å². The molecule has 1 aromatic rings. The molecule has 0 fully saturated rings. The van der Waals surface area contributed by atoms with E-state index in [0.29, 0.717) is 12.3 Å². The van der Waals surface area contributed by atoms with Gasteiger partial charge in [0.2, 0.25) is 10.0 Å². The van der Waals surface area contributed by atoms with E-state index >= 15 is 0 Å². The van der Waals surface area contributed by atoms with Gasteiger partial charge in [0.1, 0.15) is 0 Å². The van der Waals surface area contributed by atoms with E-state index < -0.39 is 16.6 Å². The highest BCUT2D eigenvalue weighted by atomic mass is 32.2. The molecule has 0 aromatic heterocycles. The van der Waals surface area contributed by atoms with Gasteiger partial charge in [0.25, 0.3) is 0 Å². The quantitative estimate of drug-likeness (QED) is 0.768. The molecule has 1 rings (SSSR count). The molecular formula is C10H15NO4S. The largest absolute Gasteiger partial charge is 0.395 e. The molecule has 0 unspecified atom stereocenters. The van der Waals surface area contributed by atoms with Gasteiger partial charge in [-0.2, -0.15) is 0 Å². The average molecular weight is 245 g/mol. The Morgan fingerprint density at radius 2 is 2.06 bits per heavy atom. The Labute approximate surface area is 95.1 Å². The van der Waals surface area contributed by atoms with Crippen molar-refractivity contribution in [1.82, 2.24) is 0 Å². The Hall–Kier alpha value is -1.11. The molecule has 0 amide bonds. The summed E-state index contributed by atoms with van der Waals surface area (Å²) < 4.78 is 30.3. The number of methoxy groups -OCH3 is 1. The lowest BCUT2D eigenvalue weighted by molar-refractivity contribution is 0.185. The average Bonchev–Trinajstić information content (AvgIpc) is 2.20. The Balaban J connectivity index is 2.88. The molecule has 1 aromatic carbocycles. The van der Waals surface area contributed by atoms with Gasteiger partial charge in [-0.1, -0.05) is 18.2 Å². The monoisotopic (exact) mass is 245 g/mol. The number of benzene rings is 1. The molecule has 90 valence electrons. The zero-order valence-electron chi connectivity index (χ0n) is 9.01. The minimum atomic E-state index is -3.48. The van der Waals surface area contributed by atoms with Crippen LogP contribution in [0.25, 0.3) is 0 Å². The summed E-state index contributed by atoms with van der Waals surface area (Å²) in [5, 5.41) is 8.61. The number of hydrogen-bond acceptors (Lipinski definition) is 4. The van der Waals surface area contributed by atoms with Crippen LogP contribution in [0.3, 0.4) is 0 Å². The van der Waals surface area contributed by atoms with Crippen molar-refractivity contribution in [2.45, 2.75) is 6.61 Å². The minimum absolute atomic E-state index is 0.311. The van der Waals surface area contributed by atoms with Crippen LogP contribution in [0.15, 0.2) is 24.3 Å². The Bertz CT molecular complexity index is 430. The number of anilines is 1. The van der Waals surface area contributed by atoms with E-state index in [1.54, 1.807) is 31.4 Å². The molecule has 0 radical (unpaired) electrons. The van der Waals surface area contributed by atoms with Crippen LogP contribution in [-0.2, 0) is 21.4 Å². The minimum Gasteiger partial charge on any atom is -0.395 e. The number of ether oxygens (including phenoxy) is 1. The second kappa shape index (κ2) is 5.83. The summed E-state index contributed by atoms with van der Waals surface area (Å²) in [5.74, 6) is -0.311. The lowest BCUT2D eigenvalue weighted by Crippen LogP contribution is -2.19. The van der Waals surface area contributed by atoms with Crippen LogP contribution in [-0.4, -0.2) is 33.0 Å². The zero-order valence-corrected chi connectivity index (χ0v) is 9.83. The zero-order chi connectivity index (χ0) is 12.0. The third-order valence-electron chi connectivity index (χ3n) is 1.94. The molecule has 0 saturated carbocycles. The van der Waals surface area contributed by atoms with Crippen LogP contribution in [0.4, 0.5) is 5.69 Å². The van der Waals surface area contributed by atoms with Crippen molar-refractivity contribution in [3.8, 4) is 0 Å². The normalized spacial score (nSPS) is 11.4. The molecule has 0 aliphatic carbocycles. The molecule has 0 aliphatic rings. The second-order valence-corrected chi connectivity index (χ2v) is 5.08. The summed E-state index contributed by atoms with van der Waals surface area (Å²) in [6.07, 6.45) is 0. The highest BCUT2D eigenvalue weighted by molar-refractivity contribution is 7.92. The van der Waals surface area contributed by atoms with Crippen molar-refractivity contribution in [2.24, 2.45) is 0 Å². The fourth-order valence-electron chi connectivity index (χ4n) is 1.24. The van der Waals surface area contributed by atoms with Crippen LogP contribution in [0, 0.1) is 0 Å². The number of hydrogen-bond donors (Lipinski definition) is 2. The van der Waals surface area contributed by atoms with E-state index in [1.807, 2.05) is 0 Å². The highest BCUT2D eigenvalue weighted by Crippen LogP contribution is 2.17. The number of sulfonamides is 1. The molecule has 0 aliphatic heterocycles. The first-order valence-corrected chi connectivity index (χ1v) is 6.42. The first kappa shape index (κ1) is 13.0. The molecule has 0 saturated heterocycles. The van der Waals surface area contributed by atoms with Gasteiger partial charge in [-0.3, -0.25) is 4.72 Å². The number of aliphatic hydroxyl groups is 1. The third kappa shape index (κ3) is 3.80.